The molecule has 3 N–H and O–H groups in total. The van der Waals surface area contributed by atoms with E-state index in [4.69, 9.17) is 4.42 Å². The van der Waals surface area contributed by atoms with Crippen LogP contribution >= 0.6 is 0 Å². The Morgan fingerprint density at radius 1 is 1.35 bits per heavy atom. The third-order valence-corrected chi connectivity index (χ3v) is 4.52. The van der Waals surface area contributed by atoms with Gasteiger partial charge in [0.15, 0.2) is 11.5 Å². The van der Waals surface area contributed by atoms with Crippen molar-refractivity contribution in [1.82, 2.24) is 10.3 Å². The Balaban J connectivity index is 1.97. The molecule has 0 aliphatic carbocycles. The first kappa shape index (κ1) is 17.3. The number of nitrogens with one attached hydrogen (secondary N) is 2. The maximum atomic E-state index is 12.1. The molecule has 0 radical (unpaired) electrons. The van der Waals surface area contributed by atoms with Crippen LogP contribution in [0.25, 0.3) is 11.1 Å². The Morgan fingerprint density at radius 2 is 2.09 bits per heavy atom. The monoisotopic (exact) mass is 319 g/mol. The fourth-order valence-corrected chi connectivity index (χ4v) is 2.74. The largest absolute Gasteiger partial charge is 0.441 e. The van der Waals surface area contributed by atoms with Gasteiger partial charge in [0.05, 0.1) is 0 Å². The molecule has 2 amide bonds. The van der Waals surface area contributed by atoms with Crippen molar-refractivity contribution in [1.29, 1.82) is 0 Å². The molecule has 0 saturated carbocycles. The molecule has 0 unspecified atom stereocenters. The average Bonchev–Trinajstić information content (AvgIpc) is 2.91. The van der Waals surface area contributed by atoms with E-state index >= 15 is 0 Å². The van der Waals surface area contributed by atoms with E-state index in [0.717, 1.165) is 18.4 Å². The maximum absolute atomic E-state index is 12.1. The van der Waals surface area contributed by atoms with Crippen LogP contribution in [0.1, 0.15) is 39.0 Å². The summed E-state index contributed by atoms with van der Waals surface area (Å²) >= 11 is 0. The smallest absolute Gasteiger partial charge is 0.319 e. The lowest BCUT2D eigenvalue weighted by molar-refractivity contribution is 0.165. The molecule has 6 heteroatoms. The van der Waals surface area contributed by atoms with Crippen LogP contribution in [-0.4, -0.2) is 29.3 Å². The third-order valence-electron chi connectivity index (χ3n) is 4.52. The minimum absolute atomic E-state index is 0.0563. The van der Waals surface area contributed by atoms with Crippen molar-refractivity contribution in [3.8, 4) is 0 Å². The topological polar surface area (TPSA) is 87.4 Å². The van der Waals surface area contributed by atoms with Crippen molar-refractivity contribution >= 4 is 22.8 Å². The summed E-state index contributed by atoms with van der Waals surface area (Å²) in [5.41, 5.74) is 2.03. The molecular formula is C17H25N3O3. The van der Waals surface area contributed by atoms with E-state index in [2.05, 4.69) is 29.5 Å². The van der Waals surface area contributed by atoms with E-state index in [-0.39, 0.29) is 18.1 Å². The molecule has 0 saturated heterocycles. The zero-order valence-electron chi connectivity index (χ0n) is 14.0. The first-order chi connectivity index (χ1) is 11.0. The second-order valence-electron chi connectivity index (χ2n) is 5.90. The number of urea groups is 1. The van der Waals surface area contributed by atoms with Crippen molar-refractivity contribution < 1.29 is 14.3 Å². The second kappa shape index (κ2) is 7.46. The summed E-state index contributed by atoms with van der Waals surface area (Å²) in [6.07, 6.45) is 2.51. The molecule has 23 heavy (non-hydrogen) atoms. The van der Waals surface area contributed by atoms with Gasteiger partial charge in [0.25, 0.3) is 0 Å². The number of carbonyl (C=O) groups excluding carboxylic acids is 1. The molecule has 1 heterocycles. The number of hydrogen-bond donors (Lipinski definition) is 3. The molecular weight excluding hydrogens is 294 g/mol. The van der Waals surface area contributed by atoms with Crippen LogP contribution in [0.3, 0.4) is 0 Å². The SMILES string of the molecule is CCC(CC)(CCO)CNC(=O)Nc1ccc2oc(C)nc2c1. The molecule has 1 aromatic heterocycles. The number of aromatic nitrogens is 1. The van der Waals surface area contributed by atoms with Crippen molar-refractivity contribution in [2.24, 2.45) is 5.41 Å². The van der Waals surface area contributed by atoms with Crippen LogP contribution in [-0.2, 0) is 0 Å². The van der Waals surface area contributed by atoms with E-state index < -0.39 is 0 Å². The van der Waals surface area contributed by atoms with Gasteiger partial charge in [-0.3, -0.25) is 0 Å². The number of hydrogen-bond acceptors (Lipinski definition) is 4. The normalized spacial score (nSPS) is 11.7. The highest BCUT2D eigenvalue weighted by atomic mass is 16.3. The van der Waals surface area contributed by atoms with Crippen LogP contribution in [0.5, 0.6) is 0 Å². The summed E-state index contributed by atoms with van der Waals surface area (Å²) in [5, 5.41) is 14.9. The highest BCUT2D eigenvalue weighted by molar-refractivity contribution is 5.91. The molecule has 0 spiro atoms. The highest BCUT2D eigenvalue weighted by Crippen LogP contribution is 2.29. The lowest BCUT2D eigenvalue weighted by Gasteiger charge is -2.31. The van der Waals surface area contributed by atoms with E-state index in [9.17, 15) is 9.90 Å². The average molecular weight is 319 g/mol. The molecule has 6 nitrogen and oxygen atoms in total. The maximum Gasteiger partial charge on any atom is 0.319 e. The van der Waals surface area contributed by atoms with Gasteiger partial charge in [-0.25, -0.2) is 9.78 Å². The van der Waals surface area contributed by atoms with E-state index in [1.165, 1.54) is 0 Å². The number of aliphatic hydroxyl groups is 1. The molecule has 0 fully saturated rings. The summed E-state index contributed by atoms with van der Waals surface area (Å²) in [6, 6.07) is 5.10. The van der Waals surface area contributed by atoms with Gasteiger partial charge < -0.3 is 20.2 Å². The quantitative estimate of drug-likeness (QED) is 0.729. The molecule has 2 aromatic rings. The zero-order chi connectivity index (χ0) is 16.9. The van der Waals surface area contributed by atoms with Gasteiger partial charge in [0.2, 0.25) is 0 Å². The number of aryl methyl sites for hydroxylation is 1. The number of aliphatic hydroxyl groups excluding tert-OH is 1. The number of anilines is 1. The van der Waals surface area contributed by atoms with Crippen LogP contribution < -0.4 is 10.6 Å². The zero-order valence-corrected chi connectivity index (χ0v) is 14.0. The standard InChI is InChI=1S/C17H25N3O3/c1-4-17(5-2,8-9-21)11-18-16(22)20-13-6-7-15-14(10-13)19-12(3)23-15/h6-7,10,21H,4-5,8-9,11H2,1-3H3,(H2,18,20,22). The number of nitrogens with zero attached hydrogens (tertiary/aromatic N) is 1. The molecule has 2 rings (SSSR count). The predicted octanol–water partition coefficient (Wildman–Crippen LogP) is 3.45. The second-order valence-corrected chi connectivity index (χ2v) is 5.90. The molecule has 126 valence electrons. The first-order valence-electron chi connectivity index (χ1n) is 8.05. The van der Waals surface area contributed by atoms with Crippen molar-refractivity contribution in [3.63, 3.8) is 0 Å². The van der Waals surface area contributed by atoms with Gasteiger partial charge in [-0.15, -0.1) is 0 Å². The lowest BCUT2D eigenvalue weighted by atomic mass is 9.79. The van der Waals surface area contributed by atoms with Gasteiger partial charge in [-0.1, -0.05) is 13.8 Å². The molecule has 0 aliphatic heterocycles. The number of amides is 2. The van der Waals surface area contributed by atoms with Crippen molar-refractivity contribution in [2.75, 3.05) is 18.5 Å². The lowest BCUT2D eigenvalue weighted by Crippen LogP contribution is -2.39. The van der Waals surface area contributed by atoms with Gasteiger partial charge >= 0.3 is 6.03 Å². The van der Waals surface area contributed by atoms with Crippen LogP contribution in [0.2, 0.25) is 0 Å². The van der Waals surface area contributed by atoms with Crippen LogP contribution in [0.15, 0.2) is 22.6 Å². The Kier molecular flexibility index (Phi) is 5.60. The van der Waals surface area contributed by atoms with Crippen molar-refractivity contribution in [2.45, 2.75) is 40.0 Å². The van der Waals surface area contributed by atoms with E-state index in [1.807, 2.05) is 0 Å². The summed E-state index contributed by atoms with van der Waals surface area (Å²) in [5.74, 6) is 0.598. The fourth-order valence-electron chi connectivity index (χ4n) is 2.74. The molecule has 0 atom stereocenters. The molecule has 1 aromatic carbocycles. The number of rotatable bonds is 7. The van der Waals surface area contributed by atoms with Crippen LogP contribution in [0.4, 0.5) is 10.5 Å². The minimum atomic E-state index is -0.256. The number of fused-ring (bicyclic) bond motifs is 1. The Hall–Kier alpha value is -2.08. The third kappa shape index (κ3) is 4.22. The van der Waals surface area contributed by atoms with Gasteiger partial charge in [0.1, 0.15) is 5.52 Å². The number of carbonyl (C=O) groups is 1. The fraction of sp³-hybridized carbons (Fsp3) is 0.529. The van der Waals surface area contributed by atoms with Gasteiger partial charge in [-0.2, -0.15) is 0 Å². The summed E-state index contributed by atoms with van der Waals surface area (Å²) < 4.78 is 5.41. The first-order valence-corrected chi connectivity index (χ1v) is 8.05. The molecule has 0 bridgehead atoms. The predicted molar refractivity (Wildman–Crippen MR) is 90.5 cm³/mol. The number of oxazole rings is 1. The summed E-state index contributed by atoms with van der Waals surface area (Å²) in [4.78, 5) is 16.4. The van der Waals surface area contributed by atoms with Gasteiger partial charge in [-0.05, 0) is 42.9 Å². The van der Waals surface area contributed by atoms with Crippen LogP contribution in [0, 0.1) is 12.3 Å². The Bertz CT molecular complexity index is 662. The molecule has 0 aliphatic rings. The highest BCUT2D eigenvalue weighted by Gasteiger charge is 2.26. The van der Waals surface area contributed by atoms with E-state index in [1.54, 1.807) is 25.1 Å². The minimum Gasteiger partial charge on any atom is -0.441 e. The Labute approximate surface area is 136 Å². The summed E-state index contributed by atoms with van der Waals surface area (Å²) in [6.45, 7) is 6.63. The number of benzene rings is 1. The summed E-state index contributed by atoms with van der Waals surface area (Å²) in [7, 11) is 0. The van der Waals surface area contributed by atoms with Gasteiger partial charge in [0, 0.05) is 25.8 Å². The van der Waals surface area contributed by atoms with E-state index in [0.29, 0.717) is 30.1 Å². The van der Waals surface area contributed by atoms with Crippen molar-refractivity contribution in [3.05, 3.63) is 24.1 Å². The Morgan fingerprint density at radius 3 is 2.74 bits per heavy atom.